The molecular weight excluding hydrogens is 262 g/mol. The van der Waals surface area contributed by atoms with Gasteiger partial charge in [0.1, 0.15) is 5.82 Å². The fourth-order valence-electron chi connectivity index (χ4n) is 2.94. The minimum atomic E-state index is 0.481. The SMILES string of the molecule is Cc1cncc([C@@H]2CCCN(Cc3ccnc(C)n3)C2)n1. The predicted molar refractivity (Wildman–Crippen MR) is 80.8 cm³/mol. The van der Waals surface area contributed by atoms with Gasteiger partial charge in [0.25, 0.3) is 0 Å². The lowest BCUT2D eigenvalue weighted by molar-refractivity contribution is 0.196. The van der Waals surface area contributed by atoms with Gasteiger partial charge in [-0.05, 0) is 39.3 Å². The van der Waals surface area contributed by atoms with Gasteiger partial charge in [0.15, 0.2) is 0 Å². The number of aromatic nitrogens is 4. The van der Waals surface area contributed by atoms with Crippen molar-refractivity contribution in [2.45, 2.75) is 39.2 Å². The van der Waals surface area contributed by atoms with Crippen molar-refractivity contribution in [3.8, 4) is 0 Å². The zero-order chi connectivity index (χ0) is 14.7. The van der Waals surface area contributed by atoms with E-state index in [2.05, 4.69) is 24.8 Å². The number of rotatable bonds is 3. The lowest BCUT2D eigenvalue weighted by Crippen LogP contribution is -2.34. The second kappa shape index (κ2) is 6.26. The van der Waals surface area contributed by atoms with Crippen LogP contribution >= 0.6 is 0 Å². The van der Waals surface area contributed by atoms with Crippen molar-refractivity contribution in [3.05, 3.63) is 47.6 Å². The molecule has 0 radical (unpaired) electrons. The molecule has 0 amide bonds. The monoisotopic (exact) mass is 283 g/mol. The van der Waals surface area contributed by atoms with Gasteiger partial charge in [0.05, 0.1) is 17.1 Å². The molecule has 2 aromatic rings. The Morgan fingerprint density at radius 2 is 2.14 bits per heavy atom. The second-order valence-corrected chi connectivity index (χ2v) is 5.75. The Morgan fingerprint density at radius 3 is 2.95 bits per heavy atom. The molecule has 0 unspecified atom stereocenters. The van der Waals surface area contributed by atoms with Crippen molar-refractivity contribution in [3.63, 3.8) is 0 Å². The van der Waals surface area contributed by atoms with Crippen molar-refractivity contribution in [2.24, 2.45) is 0 Å². The zero-order valence-electron chi connectivity index (χ0n) is 12.7. The van der Waals surface area contributed by atoms with Gasteiger partial charge in [-0.15, -0.1) is 0 Å². The third-order valence-electron chi connectivity index (χ3n) is 3.92. The molecular formula is C16H21N5. The van der Waals surface area contributed by atoms with E-state index in [0.29, 0.717) is 5.92 Å². The molecule has 0 spiro atoms. The van der Waals surface area contributed by atoms with E-state index in [9.17, 15) is 0 Å². The molecule has 110 valence electrons. The number of nitrogens with zero attached hydrogens (tertiary/aromatic N) is 5. The molecule has 0 aliphatic carbocycles. The first-order valence-corrected chi connectivity index (χ1v) is 7.50. The Balaban J connectivity index is 1.68. The largest absolute Gasteiger partial charge is 0.297 e. The summed E-state index contributed by atoms with van der Waals surface area (Å²) in [6.07, 6.45) is 7.96. The molecule has 0 saturated carbocycles. The normalized spacial score (nSPS) is 19.6. The molecule has 1 atom stereocenters. The molecule has 0 N–H and O–H groups in total. The number of aryl methyl sites for hydroxylation is 2. The topological polar surface area (TPSA) is 54.8 Å². The average Bonchev–Trinajstić information content (AvgIpc) is 2.47. The van der Waals surface area contributed by atoms with Gasteiger partial charge in [0.2, 0.25) is 0 Å². The summed E-state index contributed by atoms with van der Waals surface area (Å²) in [6, 6.07) is 2.00. The standard InChI is InChI=1S/C16H21N5/c1-12-8-17-9-16(19-12)14-4-3-7-21(10-14)11-15-5-6-18-13(2)20-15/h5-6,8-9,14H,3-4,7,10-11H2,1-2H3/t14-/m1/s1. The van der Waals surface area contributed by atoms with E-state index in [4.69, 9.17) is 0 Å². The molecule has 3 heterocycles. The van der Waals surface area contributed by atoms with Crippen LogP contribution in [0.15, 0.2) is 24.7 Å². The summed E-state index contributed by atoms with van der Waals surface area (Å²) in [7, 11) is 0. The fraction of sp³-hybridized carbons (Fsp3) is 0.500. The summed E-state index contributed by atoms with van der Waals surface area (Å²) < 4.78 is 0. The summed E-state index contributed by atoms with van der Waals surface area (Å²) in [4.78, 5) is 20.0. The highest BCUT2D eigenvalue weighted by Crippen LogP contribution is 2.26. The Kier molecular flexibility index (Phi) is 4.20. The predicted octanol–water partition coefficient (Wildman–Crippen LogP) is 2.26. The summed E-state index contributed by atoms with van der Waals surface area (Å²) in [5, 5.41) is 0. The molecule has 0 bridgehead atoms. The van der Waals surface area contributed by atoms with E-state index in [-0.39, 0.29) is 0 Å². The quantitative estimate of drug-likeness (QED) is 0.865. The number of likely N-dealkylation sites (tertiary alicyclic amines) is 1. The van der Waals surface area contributed by atoms with E-state index in [1.807, 2.05) is 38.5 Å². The van der Waals surface area contributed by atoms with Crippen LogP contribution in [0.25, 0.3) is 0 Å². The van der Waals surface area contributed by atoms with Gasteiger partial charge >= 0.3 is 0 Å². The first kappa shape index (κ1) is 14.1. The lowest BCUT2D eigenvalue weighted by atomic mass is 9.95. The van der Waals surface area contributed by atoms with Crippen molar-refractivity contribution >= 4 is 0 Å². The van der Waals surface area contributed by atoms with E-state index < -0.39 is 0 Å². The summed E-state index contributed by atoms with van der Waals surface area (Å²) in [5.74, 6) is 1.32. The molecule has 5 heteroatoms. The molecule has 3 rings (SSSR count). The van der Waals surface area contributed by atoms with Gasteiger partial charge in [0, 0.05) is 37.6 Å². The highest BCUT2D eigenvalue weighted by atomic mass is 15.1. The minimum absolute atomic E-state index is 0.481. The Hall–Kier alpha value is -1.88. The van der Waals surface area contributed by atoms with Crippen LogP contribution in [0, 0.1) is 13.8 Å². The summed E-state index contributed by atoms with van der Waals surface area (Å²) >= 11 is 0. The van der Waals surface area contributed by atoms with Gasteiger partial charge < -0.3 is 0 Å². The molecule has 2 aromatic heterocycles. The van der Waals surface area contributed by atoms with Crippen LogP contribution in [0.3, 0.4) is 0 Å². The van der Waals surface area contributed by atoms with Crippen LogP contribution in [-0.2, 0) is 6.54 Å². The van der Waals surface area contributed by atoms with Crippen LogP contribution < -0.4 is 0 Å². The molecule has 21 heavy (non-hydrogen) atoms. The highest BCUT2D eigenvalue weighted by Gasteiger charge is 2.23. The lowest BCUT2D eigenvalue weighted by Gasteiger charge is -2.32. The maximum absolute atomic E-state index is 4.64. The van der Waals surface area contributed by atoms with Crippen LogP contribution in [0.4, 0.5) is 0 Å². The third-order valence-corrected chi connectivity index (χ3v) is 3.92. The highest BCUT2D eigenvalue weighted by molar-refractivity contribution is 5.10. The smallest absolute Gasteiger partial charge is 0.125 e. The van der Waals surface area contributed by atoms with Crippen LogP contribution in [0.1, 0.15) is 41.7 Å². The van der Waals surface area contributed by atoms with E-state index in [1.165, 1.54) is 12.8 Å². The van der Waals surface area contributed by atoms with Crippen molar-refractivity contribution in [2.75, 3.05) is 13.1 Å². The molecule has 5 nitrogen and oxygen atoms in total. The summed E-state index contributed by atoms with van der Waals surface area (Å²) in [6.45, 7) is 6.98. The van der Waals surface area contributed by atoms with Crippen molar-refractivity contribution in [1.82, 2.24) is 24.8 Å². The van der Waals surface area contributed by atoms with Crippen LogP contribution in [0.5, 0.6) is 0 Å². The Bertz CT molecular complexity index is 613. The average molecular weight is 283 g/mol. The first-order chi connectivity index (χ1) is 10.2. The maximum Gasteiger partial charge on any atom is 0.125 e. The Labute approximate surface area is 125 Å². The van der Waals surface area contributed by atoms with Crippen molar-refractivity contribution in [1.29, 1.82) is 0 Å². The molecule has 1 aliphatic rings. The van der Waals surface area contributed by atoms with Gasteiger partial charge in [-0.2, -0.15) is 0 Å². The fourth-order valence-corrected chi connectivity index (χ4v) is 2.94. The van der Waals surface area contributed by atoms with E-state index in [1.54, 1.807) is 0 Å². The van der Waals surface area contributed by atoms with E-state index >= 15 is 0 Å². The van der Waals surface area contributed by atoms with E-state index in [0.717, 1.165) is 42.5 Å². The van der Waals surface area contributed by atoms with Crippen molar-refractivity contribution < 1.29 is 0 Å². The van der Waals surface area contributed by atoms with Gasteiger partial charge in [-0.25, -0.2) is 9.97 Å². The third kappa shape index (κ3) is 3.61. The Morgan fingerprint density at radius 1 is 1.24 bits per heavy atom. The van der Waals surface area contributed by atoms with Gasteiger partial charge in [-0.1, -0.05) is 0 Å². The molecule has 1 fully saturated rings. The maximum atomic E-state index is 4.64. The second-order valence-electron chi connectivity index (χ2n) is 5.75. The molecule has 0 aromatic carbocycles. The van der Waals surface area contributed by atoms with Gasteiger partial charge in [-0.3, -0.25) is 14.9 Å². The number of hydrogen-bond acceptors (Lipinski definition) is 5. The summed E-state index contributed by atoms with van der Waals surface area (Å²) in [5.41, 5.74) is 3.22. The zero-order valence-corrected chi connectivity index (χ0v) is 12.7. The number of hydrogen-bond donors (Lipinski definition) is 0. The van der Waals surface area contributed by atoms with Crippen LogP contribution in [-0.4, -0.2) is 37.9 Å². The van der Waals surface area contributed by atoms with Crippen LogP contribution in [0.2, 0.25) is 0 Å². The molecule has 1 aliphatic heterocycles. The minimum Gasteiger partial charge on any atom is -0.297 e. The number of piperidine rings is 1. The first-order valence-electron chi connectivity index (χ1n) is 7.50. The molecule has 1 saturated heterocycles.